The minimum absolute atomic E-state index is 0.124. The van der Waals surface area contributed by atoms with E-state index in [1.807, 2.05) is 87.4 Å². The fourth-order valence-electron chi connectivity index (χ4n) is 3.60. The number of benzene rings is 3. The minimum atomic E-state index is -0.246. The molecule has 0 bridgehead atoms. The third kappa shape index (κ3) is 5.95. The molecular formula is C28H27N3O3S2. The second kappa shape index (κ2) is 11.0. The molecule has 1 heterocycles. The Morgan fingerprint density at radius 2 is 1.81 bits per heavy atom. The van der Waals surface area contributed by atoms with E-state index in [1.54, 1.807) is 23.1 Å². The average molecular weight is 518 g/mol. The van der Waals surface area contributed by atoms with Crippen LogP contribution in [-0.4, -0.2) is 36.8 Å². The quantitative estimate of drug-likeness (QED) is 0.316. The van der Waals surface area contributed by atoms with E-state index >= 15 is 0 Å². The van der Waals surface area contributed by atoms with Crippen molar-refractivity contribution in [2.24, 2.45) is 0 Å². The molecule has 1 N–H and O–H groups in total. The lowest BCUT2D eigenvalue weighted by Crippen LogP contribution is -2.27. The van der Waals surface area contributed by atoms with Crippen LogP contribution in [0, 0.1) is 13.8 Å². The van der Waals surface area contributed by atoms with Gasteiger partial charge >= 0.3 is 0 Å². The maximum atomic E-state index is 13.1. The van der Waals surface area contributed by atoms with Crippen molar-refractivity contribution in [2.75, 3.05) is 35.8 Å². The van der Waals surface area contributed by atoms with E-state index in [4.69, 9.17) is 17.0 Å². The van der Waals surface area contributed by atoms with Gasteiger partial charge in [0.05, 0.1) is 10.6 Å². The number of ether oxygens (including phenoxy) is 1. The highest BCUT2D eigenvalue weighted by atomic mass is 32.2. The number of nitrogens with zero attached hydrogens (tertiary/aromatic N) is 2. The van der Waals surface area contributed by atoms with Crippen LogP contribution >= 0.6 is 24.0 Å². The first-order chi connectivity index (χ1) is 17.2. The summed E-state index contributed by atoms with van der Waals surface area (Å²) in [7, 11) is 3.93. The first-order valence-corrected chi connectivity index (χ1v) is 12.6. The molecule has 2 amide bonds. The van der Waals surface area contributed by atoms with Gasteiger partial charge in [-0.25, -0.2) is 0 Å². The van der Waals surface area contributed by atoms with Gasteiger partial charge in [0.25, 0.3) is 11.8 Å². The third-order valence-electron chi connectivity index (χ3n) is 5.73. The van der Waals surface area contributed by atoms with Gasteiger partial charge in [0, 0.05) is 25.5 Å². The topological polar surface area (TPSA) is 61.9 Å². The Labute approximate surface area is 220 Å². The number of carbonyl (C=O) groups excluding carboxylic acids is 2. The van der Waals surface area contributed by atoms with Gasteiger partial charge in [0.15, 0.2) is 10.9 Å². The molecule has 0 unspecified atom stereocenters. The largest absolute Gasteiger partial charge is 0.484 e. The lowest BCUT2D eigenvalue weighted by molar-refractivity contribution is -0.118. The third-order valence-corrected chi connectivity index (χ3v) is 7.04. The Hall–Kier alpha value is -3.62. The normalized spacial score (nSPS) is 14.3. The van der Waals surface area contributed by atoms with E-state index in [0.717, 1.165) is 28.2 Å². The molecule has 184 valence electrons. The van der Waals surface area contributed by atoms with Crippen molar-refractivity contribution in [1.82, 2.24) is 0 Å². The Bertz CT molecular complexity index is 1350. The zero-order valence-electron chi connectivity index (χ0n) is 20.6. The summed E-state index contributed by atoms with van der Waals surface area (Å²) >= 11 is 6.75. The number of carbonyl (C=O) groups is 2. The second-order valence-electron chi connectivity index (χ2n) is 8.64. The number of nitrogens with one attached hydrogen (secondary N) is 1. The van der Waals surface area contributed by atoms with Gasteiger partial charge in [0.1, 0.15) is 5.75 Å². The van der Waals surface area contributed by atoms with Crippen LogP contribution in [0.3, 0.4) is 0 Å². The summed E-state index contributed by atoms with van der Waals surface area (Å²) in [5.41, 5.74) is 5.57. The lowest BCUT2D eigenvalue weighted by Gasteiger charge is -2.17. The van der Waals surface area contributed by atoms with Crippen molar-refractivity contribution in [3.8, 4) is 5.75 Å². The summed E-state index contributed by atoms with van der Waals surface area (Å²) in [6, 6.07) is 20.7. The molecule has 1 saturated heterocycles. The van der Waals surface area contributed by atoms with Crippen molar-refractivity contribution in [3.05, 3.63) is 88.3 Å². The molecule has 3 aromatic rings. The van der Waals surface area contributed by atoms with Gasteiger partial charge in [-0.3, -0.25) is 14.5 Å². The molecule has 6 nitrogen and oxygen atoms in total. The fourth-order valence-corrected chi connectivity index (χ4v) is 4.90. The van der Waals surface area contributed by atoms with Crippen LogP contribution in [0.25, 0.3) is 6.08 Å². The van der Waals surface area contributed by atoms with Crippen molar-refractivity contribution < 1.29 is 14.3 Å². The van der Waals surface area contributed by atoms with Crippen LogP contribution in [0.2, 0.25) is 0 Å². The van der Waals surface area contributed by atoms with E-state index < -0.39 is 0 Å². The van der Waals surface area contributed by atoms with Crippen LogP contribution in [0.4, 0.5) is 17.1 Å². The minimum Gasteiger partial charge on any atom is -0.484 e. The number of rotatable bonds is 7. The zero-order chi connectivity index (χ0) is 25.8. The number of thiocarbonyl (C=S) groups is 1. The molecule has 1 aliphatic rings. The molecule has 0 atom stereocenters. The molecule has 36 heavy (non-hydrogen) atoms. The standard InChI is InChI=1S/C28H27N3O3S2/c1-18-8-9-21(14-19(18)2)29-26(32)17-34-24-7-5-6-20(15-24)16-25-27(33)31(28(35)36-25)23-12-10-22(11-13-23)30(3)4/h5-16H,17H2,1-4H3,(H,29,32)/b25-16-. The van der Waals surface area contributed by atoms with Gasteiger partial charge in [-0.1, -0.05) is 42.2 Å². The van der Waals surface area contributed by atoms with Crippen LogP contribution in [0.15, 0.2) is 71.6 Å². The maximum Gasteiger partial charge on any atom is 0.270 e. The molecule has 0 radical (unpaired) electrons. The van der Waals surface area contributed by atoms with Crippen LogP contribution < -0.4 is 19.9 Å². The summed E-state index contributed by atoms with van der Waals surface area (Å²) in [5.74, 6) is 0.125. The number of amides is 2. The molecule has 8 heteroatoms. The average Bonchev–Trinajstić information content (AvgIpc) is 3.13. The molecule has 4 rings (SSSR count). The Morgan fingerprint density at radius 1 is 1.06 bits per heavy atom. The molecule has 3 aromatic carbocycles. The first kappa shape index (κ1) is 25.5. The van der Waals surface area contributed by atoms with Gasteiger partial charge in [0.2, 0.25) is 0 Å². The van der Waals surface area contributed by atoms with E-state index in [9.17, 15) is 9.59 Å². The highest BCUT2D eigenvalue weighted by Gasteiger charge is 2.33. The number of aryl methyl sites for hydroxylation is 2. The predicted octanol–water partition coefficient (Wildman–Crippen LogP) is 5.79. The molecule has 0 spiro atoms. The highest BCUT2D eigenvalue weighted by Crippen LogP contribution is 2.36. The smallest absolute Gasteiger partial charge is 0.270 e. The molecule has 1 aliphatic heterocycles. The van der Waals surface area contributed by atoms with E-state index in [1.165, 1.54) is 17.3 Å². The van der Waals surface area contributed by atoms with Crippen molar-refractivity contribution in [1.29, 1.82) is 0 Å². The SMILES string of the molecule is Cc1ccc(NC(=O)COc2cccc(/C=C3\SC(=S)N(c4ccc(N(C)C)cc4)C3=O)c2)cc1C. The first-order valence-electron chi connectivity index (χ1n) is 11.4. The van der Waals surface area contributed by atoms with Gasteiger partial charge in [-0.2, -0.15) is 0 Å². The molecule has 0 saturated carbocycles. The number of thioether (sulfide) groups is 1. The number of hydrogen-bond donors (Lipinski definition) is 1. The Morgan fingerprint density at radius 3 is 2.50 bits per heavy atom. The molecule has 0 aliphatic carbocycles. The lowest BCUT2D eigenvalue weighted by atomic mass is 10.1. The second-order valence-corrected chi connectivity index (χ2v) is 10.3. The summed E-state index contributed by atoms with van der Waals surface area (Å²) in [6.07, 6.45) is 1.79. The summed E-state index contributed by atoms with van der Waals surface area (Å²) < 4.78 is 6.18. The van der Waals surface area contributed by atoms with Gasteiger partial charge in [-0.05, 0) is 85.1 Å². The maximum absolute atomic E-state index is 13.1. The van der Waals surface area contributed by atoms with E-state index in [-0.39, 0.29) is 18.4 Å². The molecule has 1 fully saturated rings. The van der Waals surface area contributed by atoms with Crippen LogP contribution in [0.1, 0.15) is 16.7 Å². The summed E-state index contributed by atoms with van der Waals surface area (Å²) in [6.45, 7) is 3.90. The highest BCUT2D eigenvalue weighted by molar-refractivity contribution is 8.27. The van der Waals surface area contributed by atoms with Crippen molar-refractivity contribution >= 4 is 63.3 Å². The fraction of sp³-hybridized carbons (Fsp3) is 0.179. The number of hydrogen-bond acceptors (Lipinski definition) is 6. The molecule has 0 aromatic heterocycles. The van der Waals surface area contributed by atoms with Crippen LogP contribution in [0.5, 0.6) is 5.75 Å². The predicted molar refractivity (Wildman–Crippen MR) is 153 cm³/mol. The van der Waals surface area contributed by atoms with Crippen molar-refractivity contribution in [3.63, 3.8) is 0 Å². The van der Waals surface area contributed by atoms with E-state index in [2.05, 4.69) is 5.32 Å². The van der Waals surface area contributed by atoms with Gasteiger partial charge in [-0.15, -0.1) is 0 Å². The summed E-state index contributed by atoms with van der Waals surface area (Å²) in [5, 5.41) is 2.85. The van der Waals surface area contributed by atoms with E-state index in [0.29, 0.717) is 15.0 Å². The zero-order valence-corrected chi connectivity index (χ0v) is 22.2. The molecular weight excluding hydrogens is 490 g/mol. The summed E-state index contributed by atoms with van der Waals surface area (Å²) in [4.78, 5) is 29.5. The van der Waals surface area contributed by atoms with Gasteiger partial charge < -0.3 is 15.0 Å². The van der Waals surface area contributed by atoms with Crippen molar-refractivity contribution in [2.45, 2.75) is 13.8 Å². The van der Waals surface area contributed by atoms with Crippen LogP contribution in [-0.2, 0) is 9.59 Å². The number of anilines is 3. The Kier molecular flexibility index (Phi) is 7.76. The monoisotopic (exact) mass is 517 g/mol. The Balaban J connectivity index is 1.41.